The number of halogens is 2. The van der Waals surface area contributed by atoms with Gasteiger partial charge in [0.2, 0.25) is 0 Å². The average Bonchev–Trinajstić information content (AvgIpc) is 3.71. The third kappa shape index (κ3) is 6.90. The first kappa shape index (κ1) is 38.9. The van der Waals surface area contributed by atoms with Gasteiger partial charge < -0.3 is 0 Å². The van der Waals surface area contributed by atoms with Crippen molar-refractivity contribution in [2.75, 3.05) is 0 Å². The van der Waals surface area contributed by atoms with Gasteiger partial charge in [-0.05, 0) is 0 Å². The molecule has 4 aliphatic rings. The first-order valence-corrected chi connectivity index (χ1v) is 37.5. The Morgan fingerprint density at radius 1 is 0.556 bits per heavy atom. The van der Waals surface area contributed by atoms with Crippen molar-refractivity contribution in [3.8, 4) is 22.3 Å². The van der Waals surface area contributed by atoms with Crippen molar-refractivity contribution in [3.05, 3.63) is 129 Å². The third-order valence-electron chi connectivity index (χ3n) is 14.6. The van der Waals surface area contributed by atoms with Crippen LogP contribution in [0.2, 0.25) is 13.1 Å². The zero-order valence-electron chi connectivity index (χ0n) is 33.7. The van der Waals surface area contributed by atoms with E-state index in [0.717, 1.165) is 12.8 Å². The molecule has 0 N–H and O–H groups in total. The van der Waals surface area contributed by atoms with E-state index in [-0.39, 0.29) is 18.1 Å². The second-order valence-corrected chi connectivity index (χ2v) is 61.6. The molecule has 0 amide bonds. The van der Waals surface area contributed by atoms with Crippen LogP contribution in [0.3, 0.4) is 0 Å². The fourth-order valence-corrected chi connectivity index (χ4v) is 42.8. The van der Waals surface area contributed by atoms with Crippen LogP contribution in [0.25, 0.3) is 34.4 Å². The molecule has 0 spiro atoms. The summed E-state index contributed by atoms with van der Waals surface area (Å²) in [5.74, 6) is -1.71. The van der Waals surface area contributed by atoms with Crippen molar-refractivity contribution < 1.29 is 15.6 Å². The zero-order chi connectivity index (χ0) is 37.9. The molecule has 2 saturated carbocycles. The summed E-state index contributed by atoms with van der Waals surface area (Å²) in [6.45, 7) is 14.6. The van der Waals surface area contributed by atoms with E-state index in [1.165, 1.54) is 120 Å². The van der Waals surface area contributed by atoms with Gasteiger partial charge in [0, 0.05) is 0 Å². The van der Waals surface area contributed by atoms with Crippen LogP contribution in [-0.4, -0.2) is 5.92 Å². The van der Waals surface area contributed by atoms with Crippen LogP contribution in [-0.2, 0) is 15.6 Å². The number of allylic oxidation sites excluding steroid dienone is 2. The number of hydrogen-bond acceptors (Lipinski definition) is 0. The maximum absolute atomic E-state index is 9.11. The molecular formula is C50H61Cl2SiZr. The molecule has 0 saturated heterocycles. The summed E-state index contributed by atoms with van der Waals surface area (Å²) in [5.41, 5.74) is 17.1. The fraction of sp³-hybridized carbons (Fsp3) is 0.440. The van der Waals surface area contributed by atoms with Gasteiger partial charge in [-0.15, -0.1) is 0 Å². The standard InChI is InChI=1S/2C24H27.C2H7Si.2ClH.Zr/c2*1-18-9-11-20(12-10-18)22-8-6-7-21-15-19(16-23(21)22)17-24(2)13-4-3-5-14-24;1-3-2;;;/h2*6-12,15-16H,3-5,13-14,17H2,1-2H3;3H,1-2H3;2*1H;/q;;;;;+2/p-2. The van der Waals surface area contributed by atoms with Crippen molar-refractivity contribution in [2.24, 2.45) is 10.8 Å². The first-order valence-electron chi connectivity index (χ1n) is 21.2. The molecule has 0 aromatic heterocycles. The van der Waals surface area contributed by atoms with Crippen LogP contribution in [0, 0.1) is 24.7 Å². The molecule has 283 valence electrons. The summed E-state index contributed by atoms with van der Waals surface area (Å²) >= 11 is -5.02. The molecule has 2 atom stereocenters. The van der Waals surface area contributed by atoms with E-state index in [2.05, 4.69) is 138 Å². The fourth-order valence-electron chi connectivity index (χ4n) is 11.5. The van der Waals surface area contributed by atoms with E-state index in [4.69, 9.17) is 17.0 Å². The summed E-state index contributed by atoms with van der Waals surface area (Å²) in [6, 6.07) is 32.4. The Bertz CT molecular complexity index is 1950. The molecule has 0 aliphatic heterocycles. The molecular weight excluding hydrogens is 791 g/mol. The number of fused-ring (bicyclic) bond motifs is 2. The van der Waals surface area contributed by atoms with Gasteiger partial charge in [-0.2, -0.15) is 0 Å². The molecule has 4 aromatic carbocycles. The molecule has 4 aromatic rings. The minimum absolute atomic E-state index is 0.113. The van der Waals surface area contributed by atoms with Crippen LogP contribution in [0.1, 0.15) is 132 Å². The monoisotopic (exact) mass is 849 g/mol. The van der Waals surface area contributed by atoms with Gasteiger partial charge in [0.05, 0.1) is 0 Å². The van der Waals surface area contributed by atoms with Crippen molar-refractivity contribution in [1.82, 2.24) is 0 Å². The van der Waals surface area contributed by atoms with Gasteiger partial charge in [0.1, 0.15) is 0 Å². The van der Waals surface area contributed by atoms with Crippen molar-refractivity contribution in [1.29, 1.82) is 0 Å². The molecule has 0 nitrogen and oxygen atoms in total. The van der Waals surface area contributed by atoms with Gasteiger partial charge in [0.25, 0.3) is 0 Å². The molecule has 54 heavy (non-hydrogen) atoms. The van der Waals surface area contributed by atoms with Gasteiger partial charge in [0.15, 0.2) is 0 Å². The molecule has 4 heteroatoms. The summed E-state index contributed by atoms with van der Waals surface area (Å²) in [6.07, 6.45) is 20.7. The van der Waals surface area contributed by atoms with Gasteiger partial charge in [-0.3, -0.25) is 0 Å². The van der Waals surface area contributed by atoms with Crippen LogP contribution in [0.5, 0.6) is 0 Å². The van der Waals surface area contributed by atoms with Gasteiger partial charge in [-0.25, -0.2) is 0 Å². The van der Waals surface area contributed by atoms with Crippen molar-refractivity contribution >= 4 is 35.1 Å². The Morgan fingerprint density at radius 3 is 1.28 bits per heavy atom. The first-order chi connectivity index (χ1) is 25.8. The average molecular weight is 852 g/mol. The Balaban J connectivity index is 1.35. The Kier molecular flexibility index (Phi) is 10.6. The minimum atomic E-state index is -5.02. The van der Waals surface area contributed by atoms with E-state index >= 15 is 0 Å². The summed E-state index contributed by atoms with van der Waals surface area (Å²) < 4.78 is 0.226. The molecule has 2 unspecified atom stereocenters. The van der Waals surface area contributed by atoms with E-state index < -0.39 is 21.5 Å². The molecule has 2 fully saturated rings. The molecule has 0 heterocycles. The van der Waals surface area contributed by atoms with Gasteiger partial charge in [-0.1, -0.05) is 0 Å². The quantitative estimate of drug-likeness (QED) is 0.147. The predicted octanol–water partition coefficient (Wildman–Crippen LogP) is 15.9. The van der Waals surface area contributed by atoms with Crippen LogP contribution in [0.4, 0.5) is 0 Å². The van der Waals surface area contributed by atoms with Crippen molar-refractivity contribution in [3.63, 3.8) is 0 Å². The van der Waals surface area contributed by atoms with Crippen molar-refractivity contribution in [2.45, 2.75) is 125 Å². The number of rotatable bonds is 9. The summed E-state index contributed by atoms with van der Waals surface area (Å²) in [4.78, 5) is 0. The molecule has 0 radical (unpaired) electrons. The third-order valence-corrected chi connectivity index (χ3v) is 66.5. The SMILES string of the molecule is Cc1ccc(-c2cccc3c2C=C(CC2(C)CCCCC2)[CH]3[Zr]([Cl])([Cl])([CH]2C(CC3(C)CCCCC3)=Cc3c(-c4ccc(C)cc4)cccc32)[SiH](C)C)cc1. The summed E-state index contributed by atoms with van der Waals surface area (Å²) in [7, 11) is 18.2. The number of aryl methyl sites for hydroxylation is 2. The zero-order valence-corrected chi connectivity index (χ0v) is 38.8. The number of hydrogen-bond donors (Lipinski definition) is 0. The number of benzene rings is 4. The van der Waals surface area contributed by atoms with E-state index in [1.54, 1.807) is 11.1 Å². The Hall–Kier alpha value is -1.96. The summed E-state index contributed by atoms with van der Waals surface area (Å²) in [5, 5.41) is 0. The van der Waals surface area contributed by atoms with Gasteiger partial charge >= 0.3 is 338 Å². The molecule has 0 bridgehead atoms. The maximum atomic E-state index is 9.11. The normalized spacial score (nSPS) is 22.6. The van der Waals surface area contributed by atoms with Crippen LogP contribution in [0.15, 0.2) is 96.1 Å². The van der Waals surface area contributed by atoms with E-state index in [9.17, 15) is 0 Å². The second kappa shape index (κ2) is 14.8. The predicted molar refractivity (Wildman–Crippen MR) is 237 cm³/mol. The van der Waals surface area contributed by atoms with Crippen LogP contribution >= 0.6 is 17.0 Å². The van der Waals surface area contributed by atoms with Crippen LogP contribution < -0.4 is 0 Å². The van der Waals surface area contributed by atoms with E-state index in [0.29, 0.717) is 0 Å². The second-order valence-electron chi connectivity index (χ2n) is 19.1. The topological polar surface area (TPSA) is 0 Å². The molecule has 8 rings (SSSR count). The Morgan fingerprint density at radius 2 is 0.926 bits per heavy atom. The Labute approximate surface area is 335 Å². The molecule has 4 aliphatic carbocycles. The van der Waals surface area contributed by atoms with E-state index in [1.807, 2.05) is 0 Å².